The van der Waals surface area contributed by atoms with E-state index < -0.39 is 0 Å². The van der Waals surface area contributed by atoms with Gasteiger partial charge in [-0.15, -0.1) is 0 Å². The summed E-state index contributed by atoms with van der Waals surface area (Å²) < 4.78 is 6.21. The van der Waals surface area contributed by atoms with Crippen LogP contribution in [0.5, 0.6) is 5.75 Å². The summed E-state index contributed by atoms with van der Waals surface area (Å²) in [5.74, 6) is 0.102. The molecule has 0 aliphatic heterocycles. The van der Waals surface area contributed by atoms with Gasteiger partial charge < -0.3 is 15.4 Å². The Morgan fingerprint density at radius 1 is 1.09 bits per heavy atom. The lowest BCUT2D eigenvalue weighted by atomic mass is 10.2. The van der Waals surface area contributed by atoms with Crippen LogP contribution in [0.15, 0.2) is 42.5 Å². The van der Waals surface area contributed by atoms with Crippen LogP contribution >= 0.6 is 22.6 Å². The maximum absolute atomic E-state index is 12.3. The van der Waals surface area contributed by atoms with Crippen LogP contribution in [-0.4, -0.2) is 18.9 Å². The first-order chi connectivity index (χ1) is 10.5. The van der Waals surface area contributed by atoms with E-state index in [0.717, 1.165) is 3.57 Å². The first kappa shape index (κ1) is 16.3. The van der Waals surface area contributed by atoms with Crippen LogP contribution in [0.2, 0.25) is 0 Å². The minimum absolute atomic E-state index is 0.181. The zero-order valence-corrected chi connectivity index (χ0v) is 14.3. The summed E-state index contributed by atoms with van der Waals surface area (Å²) in [6.07, 6.45) is 0. The minimum Gasteiger partial charge on any atom is -0.495 e. The summed E-state index contributed by atoms with van der Waals surface area (Å²) in [4.78, 5) is 23.4. The molecule has 0 aliphatic carbocycles. The number of carbonyl (C=O) groups is 2. The van der Waals surface area contributed by atoms with Gasteiger partial charge in [0.2, 0.25) is 5.91 Å². The van der Waals surface area contributed by atoms with Crippen molar-refractivity contribution in [3.63, 3.8) is 0 Å². The first-order valence-corrected chi connectivity index (χ1v) is 7.60. The van der Waals surface area contributed by atoms with Gasteiger partial charge in [0.1, 0.15) is 5.75 Å². The van der Waals surface area contributed by atoms with E-state index in [9.17, 15) is 9.59 Å². The van der Waals surface area contributed by atoms with Gasteiger partial charge in [0.15, 0.2) is 0 Å². The zero-order valence-electron chi connectivity index (χ0n) is 12.1. The normalized spacial score (nSPS) is 9.95. The van der Waals surface area contributed by atoms with Crippen molar-refractivity contribution in [2.75, 3.05) is 17.7 Å². The SMILES string of the molecule is COc1ccc(NC(C)=O)cc1NC(=O)c1cccc(I)c1. The molecule has 0 aromatic heterocycles. The average molecular weight is 410 g/mol. The molecule has 0 unspecified atom stereocenters. The molecule has 22 heavy (non-hydrogen) atoms. The number of methoxy groups -OCH3 is 1. The molecule has 6 heteroatoms. The van der Waals surface area contributed by atoms with Gasteiger partial charge in [0, 0.05) is 21.7 Å². The fourth-order valence-electron chi connectivity index (χ4n) is 1.91. The molecule has 0 aliphatic rings. The van der Waals surface area contributed by atoms with Crippen molar-refractivity contribution >= 4 is 45.8 Å². The van der Waals surface area contributed by atoms with Crippen molar-refractivity contribution in [2.45, 2.75) is 6.92 Å². The van der Waals surface area contributed by atoms with Gasteiger partial charge in [-0.1, -0.05) is 6.07 Å². The van der Waals surface area contributed by atoms with E-state index in [4.69, 9.17) is 4.74 Å². The lowest BCUT2D eigenvalue weighted by Gasteiger charge is -2.12. The zero-order chi connectivity index (χ0) is 16.1. The predicted molar refractivity (Wildman–Crippen MR) is 94.4 cm³/mol. The molecule has 5 nitrogen and oxygen atoms in total. The molecule has 2 rings (SSSR count). The second-order valence-corrected chi connectivity index (χ2v) is 5.81. The fourth-order valence-corrected chi connectivity index (χ4v) is 2.45. The highest BCUT2D eigenvalue weighted by atomic mass is 127. The topological polar surface area (TPSA) is 67.4 Å². The Morgan fingerprint density at radius 3 is 2.50 bits per heavy atom. The number of rotatable bonds is 4. The standard InChI is InChI=1S/C16H15IN2O3/c1-10(20)18-13-6-7-15(22-2)14(9-13)19-16(21)11-4-3-5-12(17)8-11/h3-9H,1-2H3,(H,18,20)(H,19,21). The van der Waals surface area contributed by atoms with Gasteiger partial charge in [-0.3, -0.25) is 9.59 Å². The number of anilines is 2. The molecule has 114 valence electrons. The Labute approximate surface area is 142 Å². The molecule has 2 aromatic rings. The van der Waals surface area contributed by atoms with Crippen molar-refractivity contribution in [1.29, 1.82) is 0 Å². The maximum atomic E-state index is 12.3. The largest absolute Gasteiger partial charge is 0.495 e. The third kappa shape index (κ3) is 4.20. The monoisotopic (exact) mass is 410 g/mol. The Balaban J connectivity index is 2.26. The van der Waals surface area contributed by atoms with Crippen LogP contribution in [0.1, 0.15) is 17.3 Å². The average Bonchev–Trinajstić information content (AvgIpc) is 2.47. The van der Waals surface area contributed by atoms with E-state index in [1.165, 1.54) is 14.0 Å². The van der Waals surface area contributed by atoms with Crippen LogP contribution in [0.25, 0.3) is 0 Å². The van der Waals surface area contributed by atoms with E-state index in [-0.39, 0.29) is 11.8 Å². The van der Waals surface area contributed by atoms with Gasteiger partial charge in [0.25, 0.3) is 5.91 Å². The fraction of sp³-hybridized carbons (Fsp3) is 0.125. The molecule has 2 aromatic carbocycles. The van der Waals surface area contributed by atoms with Gasteiger partial charge in [-0.2, -0.15) is 0 Å². The van der Waals surface area contributed by atoms with Crippen LogP contribution < -0.4 is 15.4 Å². The number of carbonyl (C=O) groups excluding carboxylic acids is 2. The highest BCUT2D eigenvalue weighted by Crippen LogP contribution is 2.28. The summed E-state index contributed by atoms with van der Waals surface area (Å²) in [5.41, 5.74) is 1.64. The summed E-state index contributed by atoms with van der Waals surface area (Å²) >= 11 is 2.15. The number of benzene rings is 2. The summed E-state index contributed by atoms with van der Waals surface area (Å²) in [6.45, 7) is 1.42. The number of hydrogen-bond donors (Lipinski definition) is 2. The maximum Gasteiger partial charge on any atom is 0.255 e. The van der Waals surface area contributed by atoms with E-state index in [1.807, 2.05) is 12.1 Å². The molecule has 0 heterocycles. The minimum atomic E-state index is -0.239. The number of amides is 2. The molecule has 0 radical (unpaired) electrons. The number of nitrogens with one attached hydrogen (secondary N) is 2. The molecule has 0 fully saturated rings. The van der Waals surface area contributed by atoms with Crippen molar-refractivity contribution in [3.8, 4) is 5.75 Å². The van der Waals surface area contributed by atoms with Crippen LogP contribution in [0.4, 0.5) is 11.4 Å². The molecule has 2 N–H and O–H groups in total. The molecule has 0 saturated heterocycles. The first-order valence-electron chi connectivity index (χ1n) is 6.52. The summed E-state index contributed by atoms with van der Waals surface area (Å²) in [5, 5.41) is 5.47. The van der Waals surface area contributed by atoms with E-state index >= 15 is 0 Å². The number of ether oxygens (including phenoxy) is 1. The van der Waals surface area contributed by atoms with E-state index in [0.29, 0.717) is 22.7 Å². The molecular formula is C16H15IN2O3. The third-order valence-electron chi connectivity index (χ3n) is 2.85. The summed E-state index contributed by atoms with van der Waals surface area (Å²) in [7, 11) is 1.52. The lowest BCUT2D eigenvalue weighted by Crippen LogP contribution is -2.13. The Hall–Kier alpha value is -2.09. The Bertz CT molecular complexity index is 716. The quantitative estimate of drug-likeness (QED) is 0.759. The molecule has 0 bridgehead atoms. The third-order valence-corrected chi connectivity index (χ3v) is 3.53. The van der Waals surface area contributed by atoms with Crippen LogP contribution in [-0.2, 0) is 4.79 Å². The molecule has 2 amide bonds. The Kier molecular flexibility index (Phi) is 5.37. The van der Waals surface area contributed by atoms with E-state index in [1.54, 1.807) is 30.3 Å². The van der Waals surface area contributed by atoms with Crippen molar-refractivity contribution in [2.24, 2.45) is 0 Å². The Morgan fingerprint density at radius 2 is 1.86 bits per heavy atom. The number of halogens is 1. The molecule has 0 saturated carbocycles. The van der Waals surface area contributed by atoms with Crippen molar-refractivity contribution < 1.29 is 14.3 Å². The number of hydrogen-bond acceptors (Lipinski definition) is 3. The predicted octanol–water partition coefficient (Wildman–Crippen LogP) is 3.51. The van der Waals surface area contributed by atoms with Crippen molar-refractivity contribution in [1.82, 2.24) is 0 Å². The highest BCUT2D eigenvalue weighted by Gasteiger charge is 2.11. The molecule has 0 spiro atoms. The van der Waals surface area contributed by atoms with Gasteiger partial charge in [-0.25, -0.2) is 0 Å². The lowest BCUT2D eigenvalue weighted by molar-refractivity contribution is -0.114. The highest BCUT2D eigenvalue weighted by molar-refractivity contribution is 14.1. The van der Waals surface area contributed by atoms with E-state index in [2.05, 4.69) is 33.2 Å². The molecule has 0 atom stereocenters. The van der Waals surface area contributed by atoms with Gasteiger partial charge >= 0.3 is 0 Å². The van der Waals surface area contributed by atoms with Crippen molar-refractivity contribution in [3.05, 3.63) is 51.6 Å². The summed E-state index contributed by atoms with van der Waals surface area (Å²) in [6, 6.07) is 12.3. The van der Waals surface area contributed by atoms with Gasteiger partial charge in [0.05, 0.1) is 12.8 Å². The molecular weight excluding hydrogens is 395 g/mol. The second-order valence-electron chi connectivity index (χ2n) is 4.56. The smallest absolute Gasteiger partial charge is 0.255 e. The second kappa shape index (κ2) is 7.26. The van der Waals surface area contributed by atoms with Crippen LogP contribution in [0, 0.1) is 3.57 Å². The van der Waals surface area contributed by atoms with Gasteiger partial charge in [-0.05, 0) is 59.0 Å². The van der Waals surface area contributed by atoms with Crippen LogP contribution in [0.3, 0.4) is 0 Å².